The molecule has 0 fully saturated rings. The number of hydrogen-bond acceptors (Lipinski definition) is 2. The maximum Gasteiger partial charge on any atom is 0.0682 e. The number of rotatable bonds is 8. The molecule has 0 atom stereocenters. The molecule has 0 aliphatic heterocycles. The summed E-state index contributed by atoms with van der Waals surface area (Å²) in [4.78, 5) is 0. The first-order chi connectivity index (χ1) is 8.72. The number of aliphatic hydroxyl groups is 1. The van der Waals surface area contributed by atoms with E-state index in [1.54, 1.807) is 0 Å². The molecule has 0 saturated carbocycles. The van der Waals surface area contributed by atoms with Crippen LogP contribution < -0.4 is 5.73 Å². The third-order valence-electron chi connectivity index (χ3n) is 3.49. The molecule has 1 aromatic rings. The molecule has 1 aromatic carbocycles. The fraction of sp³-hybridized carbons (Fsp3) is 0.625. The molecule has 2 heteroatoms. The summed E-state index contributed by atoms with van der Waals surface area (Å²) < 4.78 is 0. The zero-order valence-electron chi connectivity index (χ0n) is 11.8. The van der Waals surface area contributed by atoms with Gasteiger partial charge < -0.3 is 10.8 Å². The van der Waals surface area contributed by atoms with Gasteiger partial charge in [-0.3, -0.25) is 0 Å². The van der Waals surface area contributed by atoms with E-state index in [0.717, 1.165) is 31.4 Å². The number of nitrogens with two attached hydrogens (primary N) is 1. The van der Waals surface area contributed by atoms with Crippen LogP contribution in [0.25, 0.3) is 0 Å². The Kier molecular flexibility index (Phi) is 6.99. The fourth-order valence-corrected chi connectivity index (χ4v) is 2.49. The van der Waals surface area contributed by atoms with Gasteiger partial charge in [-0.15, -0.1) is 0 Å². The van der Waals surface area contributed by atoms with Crippen molar-refractivity contribution in [3.63, 3.8) is 0 Å². The van der Waals surface area contributed by atoms with E-state index in [-0.39, 0.29) is 6.61 Å². The van der Waals surface area contributed by atoms with Crippen LogP contribution in [0.3, 0.4) is 0 Å². The van der Waals surface area contributed by atoms with Crippen molar-refractivity contribution in [2.75, 3.05) is 6.54 Å². The molecule has 102 valence electrons. The average Bonchev–Trinajstić information content (AvgIpc) is 2.37. The van der Waals surface area contributed by atoms with E-state index in [2.05, 4.69) is 26.0 Å². The highest BCUT2D eigenvalue weighted by Gasteiger charge is 2.08. The van der Waals surface area contributed by atoms with Crippen molar-refractivity contribution < 1.29 is 5.11 Å². The Hall–Kier alpha value is -0.860. The Labute approximate surface area is 111 Å². The lowest BCUT2D eigenvalue weighted by Crippen LogP contribution is -2.05. The van der Waals surface area contributed by atoms with E-state index in [1.165, 1.54) is 36.0 Å². The molecule has 0 saturated heterocycles. The smallest absolute Gasteiger partial charge is 0.0682 e. The van der Waals surface area contributed by atoms with Gasteiger partial charge in [0.1, 0.15) is 0 Å². The second kappa shape index (κ2) is 8.28. The summed E-state index contributed by atoms with van der Waals surface area (Å²) >= 11 is 0. The fourth-order valence-electron chi connectivity index (χ4n) is 2.49. The molecule has 0 spiro atoms. The maximum absolute atomic E-state index is 9.31. The molecule has 0 bridgehead atoms. The van der Waals surface area contributed by atoms with Crippen molar-refractivity contribution in [2.24, 2.45) is 5.73 Å². The van der Waals surface area contributed by atoms with Gasteiger partial charge in [-0.1, -0.05) is 31.9 Å². The largest absolute Gasteiger partial charge is 0.392 e. The first-order valence-electron chi connectivity index (χ1n) is 7.15. The van der Waals surface area contributed by atoms with Crippen molar-refractivity contribution in [1.29, 1.82) is 0 Å². The predicted molar refractivity (Wildman–Crippen MR) is 77.7 cm³/mol. The highest BCUT2D eigenvalue weighted by Crippen LogP contribution is 2.21. The third kappa shape index (κ3) is 4.43. The van der Waals surface area contributed by atoms with E-state index in [9.17, 15) is 5.11 Å². The predicted octanol–water partition coefficient (Wildman–Crippen LogP) is 3.11. The first kappa shape index (κ1) is 15.2. The Morgan fingerprint density at radius 3 is 2.50 bits per heavy atom. The molecule has 0 amide bonds. The Balaban J connectivity index is 2.88. The molecule has 0 heterocycles. The van der Waals surface area contributed by atoms with Gasteiger partial charge in [0.05, 0.1) is 6.61 Å². The maximum atomic E-state index is 9.31. The molecular formula is C16H27NO. The van der Waals surface area contributed by atoms with E-state index in [0.29, 0.717) is 0 Å². The van der Waals surface area contributed by atoms with Crippen molar-refractivity contribution in [3.8, 4) is 0 Å². The van der Waals surface area contributed by atoms with Crippen LogP contribution in [0.5, 0.6) is 0 Å². The second-order valence-electron chi connectivity index (χ2n) is 5.06. The molecule has 18 heavy (non-hydrogen) atoms. The monoisotopic (exact) mass is 249 g/mol. The Morgan fingerprint density at radius 1 is 1.11 bits per heavy atom. The number of hydrogen-bond donors (Lipinski definition) is 2. The van der Waals surface area contributed by atoms with Gasteiger partial charge in [0.15, 0.2) is 0 Å². The van der Waals surface area contributed by atoms with Crippen LogP contribution in [-0.2, 0) is 19.4 Å². The average molecular weight is 249 g/mol. The quantitative estimate of drug-likeness (QED) is 0.695. The molecular weight excluding hydrogens is 222 g/mol. The molecule has 0 unspecified atom stereocenters. The lowest BCUT2D eigenvalue weighted by molar-refractivity contribution is 0.281. The second-order valence-corrected chi connectivity index (χ2v) is 5.06. The van der Waals surface area contributed by atoms with Crippen LogP contribution >= 0.6 is 0 Å². The zero-order valence-corrected chi connectivity index (χ0v) is 11.8. The summed E-state index contributed by atoms with van der Waals surface area (Å²) in [6.07, 6.45) is 6.99. The summed E-state index contributed by atoms with van der Waals surface area (Å²) in [5, 5.41) is 9.31. The van der Waals surface area contributed by atoms with Crippen molar-refractivity contribution in [2.45, 2.75) is 59.0 Å². The van der Waals surface area contributed by atoms with Crippen LogP contribution in [0.1, 0.15) is 54.9 Å². The van der Waals surface area contributed by atoms with Gasteiger partial charge in [0.2, 0.25) is 0 Å². The van der Waals surface area contributed by atoms with Gasteiger partial charge >= 0.3 is 0 Å². The van der Waals surface area contributed by atoms with Gasteiger partial charge in [-0.25, -0.2) is 0 Å². The summed E-state index contributed by atoms with van der Waals surface area (Å²) in [7, 11) is 0. The van der Waals surface area contributed by atoms with Crippen LogP contribution in [0.15, 0.2) is 12.1 Å². The summed E-state index contributed by atoms with van der Waals surface area (Å²) in [6, 6.07) is 4.28. The Bertz CT molecular complexity index is 360. The number of aryl methyl sites for hydroxylation is 2. The highest BCUT2D eigenvalue weighted by molar-refractivity contribution is 5.39. The highest BCUT2D eigenvalue weighted by atomic mass is 16.3. The summed E-state index contributed by atoms with van der Waals surface area (Å²) in [6.45, 7) is 5.26. The number of aliphatic hydroxyl groups excluding tert-OH is 1. The summed E-state index contributed by atoms with van der Waals surface area (Å²) in [5.41, 5.74) is 10.8. The Morgan fingerprint density at radius 2 is 1.89 bits per heavy atom. The molecule has 0 aromatic heterocycles. The van der Waals surface area contributed by atoms with Crippen LogP contribution in [0.4, 0.5) is 0 Å². The van der Waals surface area contributed by atoms with E-state index in [4.69, 9.17) is 5.73 Å². The standard InChI is InChI=1S/C16H27NO/c1-3-4-5-7-15-11-14(12-18)10-13(2)16(15)8-6-9-17/h10-11,18H,3-9,12,17H2,1-2H3. The van der Waals surface area contributed by atoms with Crippen LogP contribution in [-0.4, -0.2) is 11.7 Å². The van der Waals surface area contributed by atoms with Crippen LogP contribution in [0, 0.1) is 6.92 Å². The minimum absolute atomic E-state index is 0.138. The van der Waals surface area contributed by atoms with Gasteiger partial charge in [-0.2, -0.15) is 0 Å². The van der Waals surface area contributed by atoms with Crippen molar-refractivity contribution in [3.05, 3.63) is 34.4 Å². The van der Waals surface area contributed by atoms with Gasteiger partial charge in [0.25, 0.3) is 0 Å². The number of unbranched alkanes of at least 4 members (excludes halogenated alkanes) is 2. The minimum atomic E-state index is 0.138. The molecule has 2 nitrogen and oxygen atoms in total. The minimum Gasteiger partial charge on any atom is -0.392 e. The SMILES string of the molecule is CCCCCc1cc(CO)cc(C)c1CCCN. The van der Waals surface area contributed by atoms with Crippen molar-refractivity contribution >= 4 is 0 Å². The molecule has 0 aliphatic carbocycles. The van der Waals surface area contributed by atoms with E-state index < -0.39 is 0 Å². The van der Waals surface area contributed by atoms with Gasteiger partial charge in [-0.05, 0) is 61.4 Å². The normalized spacial score (nSPS) is 10.9. The third-order valence-corrected chi connectivity index (χ3v) is 3.49. The van der Waals surface area contributed by atoms with Crippen LogP contribution in [0.2, 0.25) is 0 Å². The number of benzene rings is 1. The molecule has 1 rings (SSSR count). The van der Waals surface area contributed by atoms with Gasteiger partial charge in [0, 0.05) is 0 Å². The molecule has 3 N–H and O–H groups in total. The zero-order chi connectivity index (χ0) is 13.4. The van der Waals surface area contributed by atoms with E-state index in [1.807, 2.05) is 0 Å². The molecule has 0 radical (unpaired) electrons. The lowest BCUT2D eigenvalue weighted by atomic mass is 9.92. The first-order valence-corrected chi connectivity index (χ1v) is 7.15. The topological polar surface area (TPSA) is 46.2 Å². The molecule has 0 aliphatic rings. The van der Waals surface area contributed by atoms with Crippen molar-refractivity contribution in [1.82, 2.24) is 0 Å². The lowest BCUT2D eigenvalue weighted by Gasteiger charge is -2.14. The van der Waals surface area contributed by atoms with E-state index >= 15 is 0 Å². The summed E-state index contributed by atoms with van der Waals surface area (Å²) in [5.74, 6) is 0.